The van der Waals surface area contributed by atoms with Gasteiger partial charge in [-0.05, 0) is 19.3 Å². The Morgan fingerprint density at radius 1 is 1.36 bits per heavy atom. The van der Waals surface area contributed by atoms with E-state index in [1.54, 1.807) is 0 Å². The molecule has 1 aromatic rings. The number of aryl methyl sites for hydroxylation is 2. The molecule has 0 amide bonds. The van der Waals surface area contributed by atoms with Gasteiger partial charge in [-0.25, -0.2) is 9.67 Å². The van der Waals surface area contributed by atoms with E-state index in [-0.39, 0.29) is 0 Å². The summed E-state index contributed by atoms with van der Waals surface area (Å²) < 4.78 is 7.43. The molecule has 1 aromatic heterocycles. The van der Waals surface area contributed by atoms with E-state index in [4.69, 9.17) is 4.74 Å². The lowest BCUT2D eigenvalue weighted by molar-refractivity contribution is 0.193. The van der Waals surface area contributed by atoms with Gasteiger partial charge in [-0.15, -0.1) is 0 Å². The maximum Gasteiger partial charge on any atom is 0.156 e. The molecule has 4 nitrogen and oxygen atoms in total. The van der Waals surface area contributed by atoms with E-state index in [9.17, 15) is 0 Å². The molecule has 0 aromatic carbocycles. The molecule has 1 fully saturated rings. The molecule has 2 aliphatic heterocycles. The quantitative estimate of drug-likeness (QED) is 0.671. The Balaban J connectivity index is 1.87. The molecular formula is C10H15N3O. The van der Waals surface area contributed by atoms with Gasteiger partial charge in [0.1, 0.15) is 5.82 Å². The molecule has 3 rings (SSSR count). The molecule has 1 atom stereocenters. The molecule has 3 heterocycles. The summed E-state index contributed by atoms with van der Waals surface area (Å²) >= 11 is 0. The molecule has 0 aliphatic carbocycles. The number of fused-ring (bicyclic) bond motifs is 1. The van der Waals surface area contributed by atoms with Crippen molar-refractivity contribution in [2.24, 2.45) is 0 Å². The molecule has 0 N–H and O–H groups in total. The number of hydrogen-bond donors (Lipinski definition) is 0. The zero-order valence-corrected chi connectivity index (χ0v) is 8.28. The number of hydrogen-bond acceptors (Lipinski definition) is 3. The summed E-state index contributed by atoms with van der Waals surface area (Å²) in [7, 11) is 0. The van der Waals surface area contributed by atoms with Gasteiger partial charge in [0.25, 0.3) is 0 Å². The predicted molar refractivity (Wildman–Crippen MR) is 51.1 cm³/mol. The molecule has 0 bridgehead atoms. The smallest absolute Gasteiger partial charge is 0.156 e. The zero-order chi connectivity index (χ0) is 9.38. The highest BCUT2D eigenvalue weighted by atomic mass is 16.5. The monoisotopic (exact) mass is 193 g/mol. The van der Waals surface area contributed by atoms with Gasteiger partial charge in [-0.2, -0.15) is 5.10 Å². The summed E-state index contributed by atoms with van der Waals surface area (Å²) in [5.74, 6) is 2.64. The van der Waals surface area contributed by atoms with Crippen LogP contribution < -0.4 is 0 Å². The van der Waals surface area contributed by atoms with Gasteiger partial charge in [-0.1, -0.05) is 0 Å². The fourth-order valence-corrected chi connectivity index (χ4v) is 2.21. The van der Waals surface area contributed by atoms with Crippen molar-refractivity contribution < 1.29 is 4.74 Å². The summed E-state index contributed by atoms with van der Waals surface area (Å²) in [4.78, 5) is 4.60. The van der Waals surface area contributed by atoms with E-state index in [0.717, 1.165) is 38.4 Å². The van der Waals surface area contributed by atoms with Gasteiger partial charge in [0.15, 0.2) is 5.82 Å². The molecular weight excluding hydrogens is 178 g/mol. The van der Waals surface area contributed by atoms with Crippen LogP contribution in [0.3, 0.4) is 0 Å². The van der Waals surface area contributed by atoms with Crippen molar-refractivity contribution in [2.45, 2.75) is 38.1 Å². The highest BCUT2D eigenvalue weighted by Gasteiger charge is 2.24. The summed E-state index contributed by atoms with van der Waals surface area (Å²) in [6.45, 7) is 2.73. The lowest BCUT2D eigenvalue weighted by Gasteiger charge is -2.10. The van der Waals surface area contributed by atoms with Crippen LogP contribution in [0.4, 0.5) is 0 Å². The predicted octanol–water partition coefficient (Wildman–Crippen LogP) is 1.12. The minimum Gasteiger partial charge on any atom is -0.381 e. The lowest BCUT2D eigenvalue weighted by atomic mass is 10.1. The summed E-state index contributed by atoms with van der Waals surface area (Å²) in [6, 6.07) is 0. The van der Waals surface area contributed by atoms with Crippen molar-refractivity contribution in [3.05, 3.63) is 11.6 Å². The van der Waals surface area contributed by atoms with E-state index in [0.29, 0.717) is 5.92 Å². The highest BCUT2D eigenvalue weighted by Crippen LogP contribution is 2.23. The van der Waals surface area contributed by atoms with Crippen molar-refractivity contribution >= 4 is 0 Å². The second-order valence-electron chi connectivity index (χ2n) is 4.13. The van der Waals surface area contributed by atoms with E-state index < -0.39 is 0 Å². The Hall–Kier alpha value is -0.900. The molecule has 2 aliphatic rings. The SMILES string of the molecule is C1CCn2nc(C3CCOC3)nc2C1. The van der Waals surface area contributed by atoms with Crippen LogP contribution in [0, 0.1) is 0 Å². The topological polar surface area (TPSA) is 39.9 Å². The second-order valence-corrected chi connectivity index (χ2v) is 4.13. The summed E-state index contributed by atoms with van der Waals surface area (Å²) in [6.07, 6.45) is 4.69. The standard InChI is InChI=1S/C10H15N3O/c1-2-5-13-9(3-1)11-10(12-13)8-4-6-14-7-8/h8H,1-7H2. The lowest BCUT2D eigenvalue weighted by Crippen LogP contribution is -2.11. The Kier molecular flexibility index (Phi) is 2.01. The molecule has 0 spiro atoms. The number of ether oxygens (including phenoxy) is 1. The Morgan fingerprint density at radius 2 is 2.36 bits per heavy atom. The van der Waals surface area contributed by atoms with Gasteiger partial charge in [0, 0.05) is 25.5 Å². The third-order valence-electron chi connectivity index (χ3n) is 3.08. The second kappa shape index (κ2) is 3.35. The van der Waals surface area contributed by atoms with Crippen LogP contribution in [-0.2, 0) is 17.7 Å². The van der Waals surface area contributed by atoms with Crippen molar-refractivity contribution in [1.29, 1.82) is 0 Å². The first kappa shape index (κ1) is 8.41. The van der Waals surface area contributed by atoms with Crippen LogP contribution in [-0.4, -0.2) is 28.0 Å². The molecule has 0 saturated carbocycles. The van der Waals surface area contributed by atoms with Crippen molar-refractivity contribution in [1.82, 2.24) is 14.8 Å². The van der Waals surface area contributed by atoms with Gasteiger partial charge in [-0.3, -0.25) is 0 Å². The molecule has 4 heteroatoms. The molecule has 14 heavy (non-hydrogen) atoms. The third kappa shape index (κ3) is 1.34. The fraction of sp³-hybridized carbons (Fsp3) is 0.800. The average Bonchev–Trinajstić information content (AvgIpc) is 2.86. The number of nitrogens with zero attached hydrogens (tertiary/aromatic N) is 3. The summed E-state index contributed by atoms with van der Waals surface area (Å²) in [5.41, 5.74) is 0. The first-order valence-electron chi connectivity index (χ1n) is 5.45. The third-order valence-corrected chi connectivity index (χ3v) is 3.08. The first-order valence-corrected chi connectivity index (χ1v) is 5.45. The van der Waals surface area contributed by atoms with Gasteiger partial charge >= 0.3 is 0 Å². The van der Waals surface area contributed by atoms with Crippen LogP contribution in [0.2, 0.25) is 0 Å². The van der Waals surface area contributed by atoms with Gasteiger partial charge in [0.05, 0.1) is 6.61 Å². The number of rotatable bonds is 1. The highest BCUT2D eigenvalue weighted by molar-refractivity contribution is 5.02. The maximum atomic E-state index is 5.35. The first-order chi connectivity index (χ1) is 6.93. The van der Waals surface area contributed by atoms with E-state index in [2.05, 4.69) is 14.8 Å². The summed E-state index contributed by atoms with van der Waals surface area (Å²) in [5, 5.41) is 4.56. The maximum absolute atomic E-state index is 5.35. The van der Waals surface area contributed by atoms with Crippen LogP contribution in [0.5, 0.6) is 0 Å². The zero-order valence-electron chi connectivity index (χ0n) is 8.28. The largest absolute Gasteiger partial charge is 0.381 e. The Morgan fingerprint density at radius 3 is 3.14 bits per heavy atom. The molecule has 1 saturated heterocycles. The van der Waals surface area contributed by atoms with Gasteiger partial charge in [0.2, 0.25) is 0 Å². The molecule has 1 unspecified atom stereocenters. The van der Waals surface area contributed by atoms with E-state index in [1.807, 2.05) is 0 Å². The van der Waals surface area contributed by atoms with Crippen molar-refractivity contribution in [2.75, 3.05) is 13.2 Å². The van der Waals surface area contributed by atoms with Crippen LogP contribution in [0.25, 0.3) is 0 Å². The Labute approximate surface area is 83.3 Å². The van der Waals surface area contributed by atoms with Gasteiger partial charge < -0.3 is 4.74 Å². The van der Waals surface area contributed by atoms with Crippen molar-refractivity contribution in [3.8, 4) is 0 Å². The van der Waals surface area contributed by atoms with E-state index in [1.165, 1.54) is 18.7 Å². The van der Waals surface area contributed by atoms with E-state index >= 15 is 0 Å². The van der Waals surface area contributed by atoms with Crippen molar-refractivity contribution in [3.63, 3.8) is 0 Å². The fourth-order valence-electron chi connectivity index (χ4n) is 2.21. The number of aromatic nitrogens is 3. The average molecular weight is 193 g/mol. The minimum absolute atomic E-state index is 0.452. The molecule has 76 valence electrons. The molecule has 0 radical (unpaired) electrons. The van der Waals surface area contributed by atoms with Crippen LogP contribution in [0.1, 0.15) is 36.8 Å². The van der Waals surface area contributed by atoms with Crippen LogP contribution in [0.15, 0.2) is 0 Å². The van der Waals surface area contributed by atoms with Crippen LogP contribution >= 0.6 is 0 Å². The Bertz CT molecular complexity index is 305. The normalized spacial score (nSPS) is 26.4. The minimum atomic E-state index is 0.452.